The first-order valence-corrected chi connectivity index (χ1v) is 7.03. The molecule has 0 aromatic heterocycles. The summed E-state index contributed by atoms with van der Waals surface area (Å²) in [4.78, 5) is 13.5. The molecule has 1 aromatic carbocycles. The summed E-state index contributed by atoms with van der Waals surface area (Å²) in [6.07, 6.45) is 1.72. The smallest absolute Gasteiger partial charge is 0.410 e. The van der Waals surface area contributed by atoms with E-state index in [-0.39, 0.29) is 11.3 Å². The van der Waals surface area contributed by atoms with Gasteiger partial charge in [-0.1, -0.05) is 6.08 Å². The molecule has 0 radical (unpaired) electrons. The van der Waals surface area contributed by atoms with E-state index in [0.717, 1.165) is 12.1 Å². The summed E-state index contributed by atoms with van der Waals surface area (Å²) in [5.41, 5.74) is 0.360. The van der Waals surface area contributed by atoms with Crippen LogP contribution in [0.4, 0.5) is 13.6 Å². The van der Waals surface area contributed by atoms with E-state index in [1.165, 1.54) is 4.90 Å². The summed E-state index contributed by atoms with van der Waals surface area (Å²) in [5, 5.41) is 9.74. The van der Waals surface area contributed by atoms with Crippen molar-refractivity contribution in [3.05, 3.63) is 35.4 Å². The van der Waals surface area contributed by atoms with Crippen molar-refractivity contribution < 1.29 is 23.4 Å². The number of carbonyl (C=O) groups excluding carboxylic acids is 1. The number of benzene rings is 1. The Bertz CT molecular complexity index is 621. The fourth-order valence-electron chi connectivity index (χ4n) is 2.20. The molecule has 1 aromatic rings. The van der Waals surface area contributed by atoms with E-state index in [9.17, 15) is 18.7 Å². The van der Waals surface area contributed by atoms with Crippen molar-refractivity contribution in [3.8, 4) is 5.75 Å². The maximum Gasteiger partial charge on any atom is 0.410 e. The minimum absolute atomic E-state index is 0.253. The zero-order chi connectivity index (χ0) is 16.5. The average Bonchev–Trinajstić information content (AvgIpc) is 2.41. The number of hydrogen-bond donors (Lipinski definition) is 1. The van der Waals surface area contributed by atoms with Crippen molar-refractivity contribution in [2.24, 2.45) is 0 Å². The molecule has 1 amide bonds. The average molecular weight is 311 g/mol. The van der Waals surface area contributed by atoms with E-state index < -0.39 is 23.3 Å². The summed E-state index contributed by atoms with van der Waals surface area (Å²) in [7, 11) is 0. The molecule has 0 bridgehead atoms. The van der Waals surface area contributed by atoms with Crippen LogP contribution in [0.2, 0.25) is 0 Å². The SMILES string of the molecule is CC(C)(C)OC(=O)N1CC=C(c2cc(F)c(F)cc2O)CC1. The van der Waals surface area contributed by atoms with E-state index in [4.69, 9.17) is 4.74 Å². The first-order chi connectivity index (χ1) is 10.2. The molecule has 0 aliphatic carbocycles. The predicted molar refractivity (Wildman–Crippen MR) is 78.4 cm³/mol. The fraction of sp³-hybridized carbons (Fsp3) is 0.438. The van der Waals surface area contributed by atoms with Gasteiger partial charge in [-0.3, -0.25) is 0 Å². The Balaban J connectivity index is 2.12. The Morgan fingerprint density at radius 1 is 1.27 bits per heavy atom. The number of nitrogens with zero attached hydrogens (tertiary/aromatic N) is 1. The normalized spacial score (nSPS) is 15.5. The van der Waals surface area contributed by atoms with Crippen LogP contribution >= 0.6 is 0 Å². The molecular formula is C16H19F2NO3. The van der Waals surface area contributed by atoms with E-state index >= 15 is 0 Å². The number of phenols is 1. The Morgan fingerprint density at radius 2 is 1.91 bits per heavy atom. The fourth-order valence-corrected chi connectivity index (χ4v) is 2.20. The van der Waals surface area contributed by atoms with Crippen molar-refractivity contribution in [2.45, 2.75) is 32.8 Å². The lowest BCUT2D eigenvalue weighted by Gasteiger charge is -2.29. The molecule has 0 saturated carbocycles. The number of carbonyl (C=O) groups is 1. The molecule has 22 heavy (non-hydrogen) atoms. The molecular weight excluding hydrogens is 292 g/mol. The van der Waals surface area contributed by atoms with Crippen LogP contribution in [-0.2, 0) is 4.74 Å². The highest BCUT2D eigenvalue weighted by molar-refractivity contribution is 5.74. The van der Waals surface area contributed by atoms with Crippen LogP contribution in [0.15, 0.2) is 18.2 Å². The topological polar surface area (TPSA) is 49.8 Å². The third kappa shape index (κ3) is 3.75. The standard InChI is InChI=1S/C16H19F2NO3/c1-16(2,3)22-15(21)19-6-4-10(5-7-19)11-8-12(17)13(18)9-14(11)20/h4,8-9,20H,5-7H2,1-3H3. The van der Waals surface area contributed by atoms with Gasteiger partial charge in [0.2, 0.25) is 0 Å². The third-order valence-corrected chi connectivity index (χ3v) is 3.25. The lowest BCUT2D eigenvalue weighted by molar-refractivity contribution is 0.0270. The minimum atomic E-state index is -1.09. The zero-order valence-corrected chi connectivity index (χ0v) is 12.8. The molecule has 0 saturated heterocycles. The zero-order valence-electron chi connectivity index (χ0n) is 12.8. The highest BCUT2D eigenvalue weighted by atomic mass is 19.2. The maximum absolute atomic E-state index is 13.3. The van der Waals surface area contributed by atoms with Crippen molar-refractivity contribution in [2.75, 3.05) is 13.1 Å². The number of ether oxygens (including phenoxy) is 1. The number of phenolic OH excluding ortho intramolecular Hbond substituents is 1. The predicted octanol–water partition coefficient (Wildman–Crippen LogP) is 3.69. The van der Waals surface area contributed by atoms with Crippen LogP contribution < -0.4 is 0 Å². The van der Waals surface area contributed by atoms with Gasteiger partial charge < -0.3 is 14.7 Å². The van der Waals surface area contributed by atoms with Gasteiger partial charge in [0, 0.05) is 24.7 Å². The van der Waals surface area contributed by atoms with Crippen LogP contribution in [0.5, 0.6) is 5.75 Å². The molecule has 2 rings (SSSR count). The van der Waals surface area contributed by atoms with Gasteiger partial charge in [-0.15, -0.1) is 0 Å². The van der Waals surface area contributed by atoms with Gasteiger partial charge in [-0.05, 0) is 38.8 Å². The molecule has 4 nitrogen and oxygen atoms in total. The molecule has 1 aliphatic rings. The van der Waals surface area contributed by atoms with Gasteiger partial charge in [-0.25, -0.2) is 13.6 Å². The minimum Gasteiger partial charge on any atom is -0.507 e. The monoisotopic (exact) mass is 311 g/mol. The van der Waals surface area contributed by atoms with Gasteiger partial charge >= 0.3 is 6.09 Å². The first-order valence-electron chi connectivity index (χ1n) is 7.03. The van der Waals surface area contributed by atoms with E-state index in [1.54, 1.807) is 26.8 Å². The Hall–Kier alpha value is -2.11. The van der Waals surface area contributed by atoms with Crippen molar-refractivity contribution in [1.82, 2.24) is 4.90 Å². The van der Waals surface area contributed by atoms with Gasteiger partial charge in [0.15, 0.2) is 11.6 Å². The molecule has 1 heterocycles. The Kier molecular flexibility index (Phi) is 4.39. The summed E-state index contributed by atoms with van der Waals surface area (Å²) < 4.78 is 31.6. The van der Waals surface area contributed by atoms with Gasteiger partial charge in [0.05, 0.1) is 0 Å². The molecule has 0 fully saturated rings. The molecule has 0 atom stereocenters. The second kappa shape index (κ2) is 5.94. The quantitative estimate of drug-likeness (QED) is 0.860. The van der Waals surface area contributed by atoms with Crippen LogP contribution in [0, 0.1) is 11.6 Å². The molecule has 1 aliphatic heterocycles. The summed E-state index contributed by atoms with van der Waals surface area (Å²) >= 11 is 0. The van der Waals surface area contributed by atoms with Crippen LogP contribution in [0.25, 0.3) is 5.57 Å². The van der Waals surface area contributed by atoms with Crippen molar-refractivity contribution >= 4 is 11.7 Å². The largest absolute Gasteiger partial charge is 0.507 e. The molecule has 1 N–H and O–H groups in total. The second-order valence-corrected chi connectivity index (χ2v) is 6.19. The van der Waals surface area contributed by atoms with Gasteiger partial charge in [0.25, 0.3) is 0 Å². The second-order valence-electron chi connectivity index (χ2n) is 6.19. The van der Waals surface area contributed by atoms with Crippen LogP contribution in [0.3, 0.4) is 0 Å². The molecule has 0 spiro atoms. The Morgan fingerprint density at radius 3 is 2.45 bits per heavy atom. The molecule has 0 unspecified atom stereocenters. The Labute approximate surface area is 128 Å². The van der Waals surface area contributed by atoms with Gasteiger partial charge in [0.1, 0.15) is 11.4 Å². The lowest BCUT2D eigenvalue weighted by atomic mass is 9.98. The summed E-state index contributed by atoms with van der Waals surface area (Å²) in [6.45, 7) is 6.04. The van der Waals surface area contributed by atoms with Crippen LogP contribution in [0.1, 0.15) is 32.8 Å². The maximum atomic E-state index is 13.3. The first kappa shape index (κ1) is 16.3. The number of rotatable bonds is 1. The summed E-state index contributed by atoms with van der Waals surface area (Å²) in [6, 6.07) is 1.73. The summed E-state index contributed by atoms with van der Waals surface area (Å²) in [5.74, 6) is -2.41. The number of halogens is 2. The third-order valence-electron chi connectivity index (χ3n) is 3.25. The number of aromatic hydroxyl groups is 1. The van der Waals surface area contributed by atoms with Crippen molar-refractivity contribution in [1.29, 1.82) is 0 Å². The van der Waals surface area contributed by atoms with Gasteiger partial charge in [-0.2, -0.15) is 0 Å². The molecule has 120 valence electrons. The van der Waals surface area contributed by atoms with Crippen LogP contribution in [-0.4, -0.2) is 34.8 Å². The van der Waals surface area contributed by atoms with Crippen molar-refractivity contribution in [3.63, 3.8) is 0 Å². The van der Waals surface area contributed by atoms with E-state index in [2.05, 4.69) is 0 Å². The number of hydrogen-bond acceptors (Lipinski definition) is 3. The van der Waals surface area contributed by atoms with E-state index in [0.29, 0.717) is 25.1 Å². The highest BCUT2D eigenvalue weighted by Crippen LogP contribution is 2.31. The number of amides is 1. The lowest BCUT2D eigenvalue weighted by Crippen LogP contribution is -2.39. The molecule has 6 heteroatoms. The highest BCUT2D eigenvalue weighted by Gasteiger charge is 2.24. The van der Waals surface area contributed by atoms with E-state index in [1.807, 2.05) is 0 Å².